The Morgan fingerprint density at radius 2 is 2.29 bits per heavy atom. The van der Waals surface area contributed by atoms with Gasteiger partial charge in [-0.2, -0.15) is 10.1 Å². The third kappa shape index (κ3) is 4.79. The summed E-state index contributed by atoms with van der Waals surface area (Å²) in [5, 5.41) is 14.5. The molecule has 1 unspecified atom stereocenters. The standard InChI is InChI=1S/C17H23N5O2/c1-23-14-5-2-4-13(10-14)7-8-18-17-21-16(12-20-22-17)19-11-15-6-3-9-24-15/h2,4-5,10,12,15H,3,6-9,11H2,1H3,(H2,18,19,21,22). The van der Waals surface area contributed by atoms with Crippen molar-refractivity contribution < 1.29 is 9.47 Å². The first-order valence-corrected chi connectivity index (χ1v) is 8.25. The van der Waals surface area contributed by atoms with Crippen molar-refractivity contribution in [2.75, 3.05) is 37.4 Å². The van der Waals surface area contributed by atoms with Crippen LogP contribution in [0, 0.1) is 0 Å². The van der Waals surface area contributed by atoms with Crippen LogP contribution in [0.5, 0.6) is 5.75 Å². The van der Waals surface area contributed by atoms with Crippen molar-refractivity contribution in [3.05, 3.63) is 36.0 Å². The summed E-state index contributed by atoms with van der Waals surface area (Å²) in [6, 6.07) is 8.03. The van der Waals surface area contributed by atoms with E-state index in [1.54, 1.807) is 13.3 Å². The van der Waals surface area contributed by atoms with E-state index in [2.05, 4.69) is 31.9 Å². The number of nitrogens with zero attached hydrogens (tertiary/aromatic N) is 3. The minimum atomic E-state index is 0.268. The van der Waals surface area contributed by atoms with E-state index in [9.17, 15) is 0 Å². The quantitative estimate of drug-likeness (QED) is 0.768. The maximum Gasteiger partial charge on any atom is 0.244 e. The molecule has 7 nitrogen and oxygen atoms in total. The molecule has 2 aromatic rings. The highest BCUT2D eigenvalue weighted by Crippen LogP contribution is 2.14. The largest absolute Gasteiger partial charge is 0.497 e. The van der Waals surface area contributed by atoms with Crippen LogP contribution in [0.4, 0.5) is 11.8 Å². The second-order valence-corrected chi connectivity index (χ2v) is 5.71. The molecule has 1 fully saturated rings. The molecule has 0 bridgehead atoms. The summed E-state index contributed by atoms with van der Waals surface area (Å²) in [6.45, 7) is 2.33. The number of nitrogens with one attached hydrogen (secondary N) is 2. The lowest BCUT2D eigenvalue weighted by Gasteiger charge is -2.11. The average Bonchev–Trinajstić information content (AvgIpc) is 3.14. The SMILES string of the molecule is COc1cccc(CCNc2nncc(NCC3CCCO3)n2)c1. The molecule has 1 aromatic heterocycles. The molecule has 2 heterocycles. The van der Waals surface area contributed by atoms with Crippen molar-refractivity contribution in [1.82, 2.24) is 15.2 Å². The fraction of sp³-hybridized carbons (Fsp3) is 0.471. The van der Waals surface area contributed by atoms with Crippen molar-refractivity contribution in [3.63, 3.8) is 0 Å². The van der Waals surface area contributed by atoms with Gasteiger partial charge in [-0.1, -0.05) is 12.1 Å². The average molecular weight is 329 g/mol. The number of hydrogen-bond acceptors (Lipinski definition) is 7. The van der Waals surface area contributed by atoms with Crippen LogP contribution in [0.25, 0.3) is 0 Å². The minimum Gasteiger partial charge on any atom is -0.497 e. The van der Waals surface area contributed by atoms with Crippen LogP contribution in [0.1, 0.15) is 18.4 Å². The second-order valence-electron chi connectivity index (χ2n) is 5.71. The summed E-state index contributed by atoms with van der Waals surface area (Å²) in [5.41, 5.74) is 1.20. The Morgan fingerprint density at radius 3 is 3.12 bits per heavy atom. The molecule has 0 spiro atoms. The molecular formula is C17H23N5O2. The third-order valence-corrected chi connectivity index (χ3v) is 3.92. The van der Waals surface area contributed by atoms with Crippen LogP contribution in [0.2, 0.25) is 0 Å². The van der Waals surface area contributed by atoms with Crippen molar-refractivity contribution >= 4 is 11.8 Å². The first kappa shape index (κ1) is 16.4. The van der Waals surface area contributed by atoms with Gasteiger partial charge in [0.2, 0.25) is 5.95 Å². The normalized spacial score (nSPS) is 16.8. The van der Waals surface area contributed by atoms with Gasteiger partial charge in [0.1, 0.15) is 5.75 Å². The number of methoxy groups -OCH3 is 1. The molecule has 1 aliphatic rings. The summed E-state index contributed by atoms with van der Waals surface area (Å²) >= 11 is 0. The lowest BCUT2D eigenvalue weighted by molar-refractivity contribution is 0.120. The molecule has 0 saturated carbocycles. The van der Waals surface area contributed by atoms with Gasteiger partial charge in [0, 0.05) is 19.7 Å². The number of ether oxygens (including phenoxy) is 2. The monoisotopic (exact) mass is 329 g/mol. The van der Waals surface area contributed by atoms with Crippen molar-refractivity contribution in [1.29, 1.82) is 0 Å². The van der Waals surface area contributed by atoms with Gasteiger partial charge in [0.05, 0.1) is 19.4 Å². The van der Waals surface area contributed by atoms with Crippen LogP contribution in [-0.4, -0.2) is 48.1 Å². The summed E-state index contributed by atoms with van der Waals surface area (Å²) in [7, 11) is 1.67. The molecule has 128 valence electrons. The lowest BCUT2D eigenvalue weighted by atomic mass is 10.1. The van der Waals surface area contributed by atoms with Gasteiger partial charge in [-0.25, -0.2) is 0 Å². The van der Waals surface area contributed by atoms with E-state index in [4.69, 9.17) is 9.47 Å². The van der Waals surface area contributed by atoms with Crippen LogP contribution < -0.4 is 15.4 Å². The topological polar surface area (TPSA) is 81.2 Å². The number of anilines is 2. The van der Waals surface area contributed by atoms with Gasteiger partial charge in [0.25, 0.3) is 0 Å². The number of aromatic nitrogens is 3. The smallest absolute Gasteiger partial charge is 0.244 e. The summed E-state index contributed by atoms with van der Waals surface area (Å²) in [4.78, 5) is 4.42. The zero-order valence-electron chi connectivity index (χ0n) is 13.9. The van der Waals surface area contributed by atoms with Crippen molar-refractivity contribution in [2.45, 2.75) is 25.4 Å². The van der Waals surface area contributed by atoms with Gasteiger partial charge >= 0.3 is 0 Å². The molecule has 7 heteroatoms. The molecule has 0 radical (unpaired) electrons. The molecule has 2 N–H and O–H groups in total. The highest BCUT2D eigenvalue weighted by atomic mass is 16.5. The second kappa shape index (κ2) is 8.44. The van der Waals surface area contributed by atoms with Gasteiger partial charge in [0.15, 0.2) is 5.82 Å². The van der Waals surface area contributed by atoms with E-state index in [0.717, 1.165) is 44.7 Å². The predicted octanol–water partition coefficient (Wildman–Crippen LogP) is 2.13. The van der Waals surface area contributed by atoms with E-state index in [0.29, 0.717) is 11.8 Å². The molecule has 1 saturated heterocycles. The molecule has 24 heavy (non-hydrogen) atoms. The molecular weight excluding hydrogens is 306 g/mol. The van der Waals surface area contributed by atoms with Gasteiger partial charge in [-0.3, -0.25) is 0 Å². The van der Waals surface area contributed by atoms with Gasteiger partial charge < -0.3 is 20.1 Å². The zero-order valence-corrected chi connectivity index (χ0v) is 13.9. The fourth-order valence-electron chi connectivity index (χ4n) is 2.63. The molecule has 1 aromatic carbocycles. The van der Waals surface area contributed by atoms with E-state index in [1.165, 1.54) is 5.56 Å². The van der Waals surface area contributed by atoms with Crippen LogP contribution in [-0.2, 0) is 11.2 Å². The summed E-state index contributed by atoms with van der Waals surface area (Å²) in [5.74, 6) is 2.10. The third-order valence-electron chi connectivity index (χ3n) is 3.92. The number of rotatable bonds is 8. The molecule has 0 amide bonds. The first-order valence-electron chi connectivity index (χ1n) is 8.25. The maximum absolute atomic E-state index is 5.59. The first-order chi connectivity index (χ1) is 11.8. The fourth-order valence-corrected chi connectivity index (χ4v) is 2.63. The Balaban J connectivity index is 1.47. The number of benzene rings is 1. The van der Waals surface area contributed by atoms with Crippen LogP contribution in [0.3, 0.4) is 0 Å². The van der Waals surface area contributed by atoms with Crippen LogP contribution in [0.15, 0.2) is 30.5 Å². The Bertz CT molecular complexity index is 646. The minimum absolute atomic E-state index is 0.268. The zero-order chi connectivity index (χ0) is 16.6. The van der Waals surface area contributed by atoms with E-state index in [-0.39, 0.29) is 6.10 Å². The van der Waals surface area contributed by atoms with E-state index < -0.39 is 0 Å². The Hall–Kier alpha value is -2.41. The number of hydrogen-bond donors (Lipinski definition) is 2. The lowest BCUT2D eigenvalue weighted by Crippen LogP contribution is -2.19. The Kier molecular flexibility index (Phi) is 5.79. The molecule has 0 aliphatic carbocycles. The highest BCUT2D eigenvalue weighted by molar-refractivity contribution is 5.37. The Labute approximate surface area is 141 Å². The van der Waals surface area contributed by atoms with E-state index in [1.807, 2.05) is 18.2 Å². The summed E-state index contributed by atoms with van der Waals surface area (Å²) < 4.78 is 10.8. The van der Waals surface area contributed by atoms with Crippen molar-refractivity contribution in [2.24, 2.45) is 0 Å². The Morgan fingerprint density at radius 1 is 1.33 bits per heavy atom. The van der Waals surface area contributed by atoms with Crippen molar-refractivity contribution in [3.8, 4) is 5.75 Å². The molecule has 1 atom stereocenters. The van der Waals surface area contributed by atoms with Crippen LogP contribution >= 0.6 is 0 Å². The maximum atomic E-state index is 5.59. The predicted molar refractivity (Wildman–Crippen MR) is 92.5 cm³/mol. The van der Waals surface area contributed by atoms with Gasteiger partial charge in [-0.05, 0) is 37.0 Å². The molecule has 3 rings (SSSR count). The summed E-state index contributed by atoms with van der Waals surface area (Å²) in [6.07, 6.45) is 4.98. The molecule has 1 aliphatic heterocycles. The van der Waals surface area contributed by atoms with Gasteiger partial charge in [-0.15, -0.1) is 5.10 Å². The van der Waals surface area contributed by atoms with E-state index >= 15 is 0 Å². The highest BCUT2D eigenvalue weighted by Gasteiger charge is 2.15.